The zero-order chi connectivity index (χ0) is 22.7. The van der Waals surface area contributed by atoms with Crippen LogP contribution >= 0.6 is 0 Å². The number of hydrogen-bond acceptors (Lipinski definition) is 4. The SMILES string of the molecule is CN[C@H]1CCC(c2ccc(-n3ncc(CCc4ccc(C(F)(F)F)cc4)cc3=O)cn2)C1. The quantitative estimate of drug-likeness (QED) is 0.619. The smallest absolute Gasteiger partial charge is 0.317 e. The Labute approximate surface area is 184 Å². The van der Waals surface area contributed by atoms with E-state index in [1.807, 2.05) is 19.2 Å². The number of halogens is 3. The highest BCUT2D eigenvalue weighted by atomic mass is 19.4. The van der Waals surface area contributed by atoms with E-state index in [0.29, 0.717) is 30.5 Å². The van der Waals surface area contributed by atoms with Gasteiger partial charge in [-0.25, -0.2) is 0 Å². The molecule has 32 heavy (non-hydrogen) atoms. The Morgan fingerprint density at radius 1 is 1.03 bits per heavy atom. The highest BCUT2D eigenvalue weighted by Gasteiger charge is 2.30. The summed E-state index contributed by atoms with van der Waals surface area (Å²) in [6, 6.07) is 11.0. The summed E-state index contributed by atoms with van der Waals surface area (Å²) in [5, 5.41) is 7.58. The number of alkyl halides is 3. The molecule has 1 aliphatic carbocycles. The number of nitrogens with zero attached hydrogens (tertiary/aromatic N) is 3. The molecule has 0 bridgehead atoms. The predicted molar refractivity (Wildman–Crippen MR) is 116 cm³/mol. The van der Waals surface area contributed by atoms with Crippen molar-refractivity contribution >= 4 is 0 Å². The van der Waals surface area contributed by atoms with Gasteiger partial charge in [-0.3, -0.25) is 9.78 Å². The molecule has 2 aromatic heterocycles. The molecule has 1 aromatic carbocycles. The van der Waals surface area contributed by atoms with Gasteiger partial charge in [0.2, 0.25) is 0 Å². The van der Waals surface area contributed by atoms with E-state index >= 15 is 0 Å². The maximum atomic E-state index is 12.7. The van der Waals surface area contributed by atoms with E-state index < -0.39 is 11.7 Å². The normalized spacial score (nSPS) is 18.8. The number of nitrogens with one attached hydrogen (secondary N) is 1. The Balaban J connectivity index is 1.40. The molecule has 4 rings (SSSR count). The third-order valence-corrected chi connectivity index (χ3v) is 6.11. The molecular weight excluding hydrogens is 417 g/mol. The second kappa shape index (κ2) is 9.24. The van der Waals surface area contributed by atoms with Crippen LogP contribution in [0.5, 0.6) is 0 Å². The van der Waals surface area contributed by atoms with Gasteiger partial charge >= 0.3 is 6.18 Å². The van der Waals surface area contributed by atoms with Gasteiger partial charge < -0.3 is 5.32 Å². The van der Waals surface area contributed by atoms with E-state index in [0.717, 1.165) is 48.2 Å². The van der Waals surface area contributed by atoms with Crippen molar-refractivity contribution in [1.82, 2.24) is 20.1 Å². The van der Waals surface area contributed by atoms with Gasteiger partial charge in [-0.1, -0.05) is 12.1 Å². The van der Waals surface area contributed by atoms with Crippen molar-refractivity contribution in [2.45, 2.75) is 50.2 Å². The molecule has 8 heteroatoms. The van der Waals surface area contributed by atoms with Gasteiger partial charge in [0.15, 0.2) is 0 Å². The number of rotatable bonds is 6. The minimum Gasteiger partial charge on any atom is -0.317 e. The van der Waals surface area contributed by atoms with Crippen molar-refractivity contribution in [2.75, 3.05) is 7.05 Å². The van der Waals surface area contributed by atoms with Crippen molar-refractivity contribution in [3.05, 3.63) is 87.6 Å². The van der Waals surface area contributed by atoms with Crippen molar-refractivity contribution in [1.29, 1.82) is 0 Å². The molecule has 1 unspecified atom stereocenters. The van der Waals surface area contributed by atoms with Crippen molar-refractivity contribution < 1.29 is 13.2 Å². The fourth-order valence-electron chi connectivity index (χ4n) is 4.20. The second-order valence-corrected chi connectivity index (χ2v) is 8.25. The third kappa shape index (κ3) is 5.07. The Hall–Kier alpha value is -3.00. The maximum Gasteiger partial charge on any atom is 0.416 e. The van der Waals surface area contributed by atoms with Crippen LogP contribution in [0.3, 0.4) is 0 Å². The Morgan fingerprint density at radius 3 is 2.38 bits per heavy atom. The molecule has 2 heterocycles. The second-order valence-electron chi connectivity index (χ2n) is 8.25. The van der Waals surface area contributed by atoms with Crippen molar-refractivity contribution in [3.63, 3.8) is 0 Å². The lowest BCUT2D eigenvalue weighted by Crippen LogP contribution is -2.21. The minimum absolute atomic E-state index is 0.263. The highest BCUT2D eigenvalue weighted by molar-refractivity contribution is 5.30. The Bertz CT molecular complexity index is 1110. The first-order chi connectivity index (χ1) is 15.3. The van der Waals surface area contributed by atoms with Crippen LogP contribution in [0.15, 0.2) is 59.7 Å². The van der Waals surface area contributed by atoms with Gasteiger partial charge in [-0.15, -0.1) is 0 Å². The molecule has 1 N–H and O–H groups in total. The van der Waals surface area contributed by atoms with E-state index in [4.69, 9.17) is 0 Å². The first-order valence-electron chi connectivity index (χ1n) is 10.7. The van der Waals surface area contributed by atoms with E-state index in [-0.39, 0.29) is 5.56 Å². The van der Waals surface area contributed by atoms with Crippen LogP contribution in [-0.2, 0) is 19.0 Å². The molecule has 168 valence electrons. The summed E-state index contributed by atoms with van der Waals surface area (Å²) < 4.78 is 39.3. The topological polar surface area (TPSA) is 59.8 Å². The van der Waals surface area contributed by atoms with Crippen LogP contribution in [0.25, 0.3) is 5.69 Å². The molecule has 0 amide bonds. The van der Waals surface area contributed by atoms with Gasteiger partial charge in [0.25, 0.3) is 5.56 Å². The van der Waals surface area contributed by atoms with Gasteiger partial charge in [0.05, 0.1) is 23.6 Å². The molecular formula is C24H25F3N4O. The maximum absolute atomic E-state index is 12.7. The first-order valence-corrected chi connectivity index (χ1v) is 10.7. The number of pyridine rings is 1. The molecule has 1 fully saturated rings. The number of benzene rings is 1. The highest BCUT2D eigenvalue weighted by Crippen LogP contribution is 2.33. The Morgan fingerprint density at radius 2 is 1.78 bits per heavy atom. The number of aromatic nitrogens is 3. The minimum atomic E-state index is -4.34. The summed E-state index contributed by atoms with van der Waals surface area (Å²) in [7, 11) is 1.98. The largest absolute Gasteiger partial charge is 0.416 e. The Kier molecular flexibility index (Phi) is 6.41. The van der Waals surface area contributed by atoms with Gasteiger partial charge in [0, 0.05) is 23.7 Å². The molecule has 1 aliphatic rings. The lowest BCUT2D eigenvalue weighted by molar-refractivity contribution is -0.137. The fraction of sp³-hybridized carbons (Fsp3) is 0.375. The summed E-state index contributed by atoms with van der Waals surface area (Å²) in [5.41, 5.74) is 2.22. The molecule has 3 aromatic rings. The predicted octanol–water partition coefficient (Wildman–Crippen LogP) is 4.29. The summed E-state index contributed by atoms with van der Waals surface area (Å²) in [6.07, 6.45) is 3.30. The van der Waals surface area contributed by atoms with Crippen LogP contribution in [0, 0.1) is 0 Å². The van der Waals surface area contributed by atoms with E-state index in [9.17, 15) is 18.0 Å². The van der Waals surface area contributed by atoms with Crippen LogP contribution in [-0.4, -0.2) is 27.9 Å². The van der Waals surface area contributed by atoms with E-state index in [1.165, 1.54) is 22.9 Å². The van der Waals surface area contributed by atoms with Crippen LogP contribution < -0.4 is 10.9 Å². The van der Waals surface area contributed by atoms with E-state index in [1.54, 1.807) is 12.4 Å². The number of aryl methyl sites for hydroxylation is 2. The fourth-order valence-corrected chi connectivity index (χ4v) is 4.20. The first kappa shape index (κ1) is 22.2. The molecule has 0 radical (unpaired) electrons. The van der Waals surface area contributed by atoms with Gasteiger partial charge in [0.1, 0.15) is 0 Å². The van der Waals surface area contributed by atoms with Gasteiger partial charge in [-0.05, 0) is 74.5 Å². The zero-order valence-electron chi connectivity index (χ0n) is 17.8. The summed E-state index contributed by atoms with van der Waals surface area (Å²) in [5.74, 6) is 0.429. The average molecular weight is 442 g/mol. The standard InChI is InChI=1S/C24H25F3N4O/c1-28-20-9-6-18(13-20)22-11-10-21(15-29-22)31-23(32)12-17(14-30-31)3-2-16-4-7-19(8-5-16)24(25,26)27/h4-5,7-8,10-12,14-15,18,20,28H,2-3,6,9,13H2,1H3/t18?,20-/m0/s1. The molecule has 5 nitrogen and oxygen atoms in total. The molecule has 1 saturated carbocycles. The monoisotopic (exact) mass is 442 g/mol. The summed E-state index contributed by atoms with van der Waals surface area (Å²) >= 11 is 0. The average Bonchev–Trinajstić information content (AvgIpc) is 3.27. The molecule has 0 saturated heterocycles. The lowest BCUT2D eigenvalue weighted by Gasteiger charge is -2.11. The summed E-state index contributed by atoms with van der Waals surface area (Å²) in [6.45, 7) is 0. The van der Waals surface area contributed by atoms with Crippen molar-refractivity contribution in [3.8, 4) is 5.69 Å². The zero-order valence-corrected chi connectivity index (χ0v) is 17.8. The van der Waals surface area contributed by atoms with Crippen LogP contribution in [0.4, 0.5) is 13.2 Å². The number of hydrogen-bond donors (Lipinski definition) is 1. The molecule has 0 spiro atoms. The van der Waals surface area contributed by atoms with Crippen LogP contribution in [0.1, 0.15) is 47.6 Å². The van der Waals surface area contributed by atoms with Crippen molar-refractivity contribution in [2.24, 2.45) is 0 Å². The summed E-state index contributed by atoms with van der Waals surface area (Å²) in [4.78, 5) is 17.1. The van der Waals surface area contributed by atoms with E-state index in [2.05, 4.69) is 15.4 Å². The molecule has 2 atom stereocenters. The third-order valence-electron chi connectivity index (χ3n) is 6.11. The van der Waals surface area contributed by atoms with Crippen LogP contribution in [0.2, 0.25) is 0 Å². The molecule has 0 aliphatic heterocycles. The van der Waals surface area contributed by atoms with Gasteiger partial charge in [-0.2, -0.15) is 23.0 Å². The lowest BCUT2D eigenvalue weighted by atomic mass is 10.0.